The molecule has 0 aliphatic carbocycles. The number of hydrogen-bond acceptors (Lipinski definition) is 2. The molecule has 0 aliphatic heterocycles. The first kappa shape index (κ1) is 10.9. The Morgan fingerprint density at radius 3 is 2.93 bits per heavy atom. The maximum atomic E-state index is 4.06. The van der Waals surface area contributed by atoms with E-state index in [-0.39, 0.29) is 0 Å². The second-order valence-corrected chi connectivity index (χ2v) is 3.71. The van der Waals surface area contributed by atoms with Gasteiger partial charge >= 0.3 is 0 Å². The maximum absolute atomic E-state index is 4.06. The molecule has 76 valence electrons. The van der Waals surface area contributed by atoms with Gasteiger partial charge in [-0.2, -0.15) is 0 Å². The molecule has 1 aromatic rings. The van der Waals surface area contributed by atoms with Crippen LogP contribution in [0.3, 0.4) is 0 Å². The summed E-state index contributed by atoms with van der Waals surface area (Å²) in [7, 11) is 0. The Kier molecular flexibility index (Phi) is 4.33. The molecule has 2 heteroatoms. The summed E-state index contributed by atoms with van der Waals surface area (Å²) in [6, 6.07) is 2.06. The van der Waals surface area contributed by atoms with E-state index in [9.17, 15) is 0 Å². The lowest BCUT2D eigenvalue weighted by Gasteiger charge is -2.05. The summed E-state index contributed by atoms with van der Waals surface area (Å²) in [5.41, 5.74) is 3.92. The Balaban J connectivity index is 2.39. The van der Waals surface area contributed by atoms with E-state index in [0.717, 1.165) is 13.1 Å². The molecule has 0 saturated heterocycles. The summed E-state index contributed by atoms with van der Waals surface area (Å²) in [5.74, 6) is 0. The first-order valence-corrected chi connectivity index (χ1v) is 4.93. The number of pyridine rings is 1. The van der Waals surface area contributed by atoms with Crippen molar-refractivity contribution in [2.75, 3.05) is 6.54 Å². The van der Waals surface area contributed by atoms with E-state index in [2.05, 4.69) is 43.2 Å². The van der Waals surface area contributed by atoms with Gasteiger partial charge in [0.25, 0.3) is 0 Å². The van der Waals surface area contributed by atoms with Crippen LogP contribution in [0.1, 0.15) is 25.0 Å². The summed E-state index contributed by atoms with van der Waals surface area (Å²) >= 11 is 0. The van der Waals surface area contributed by atoms with Crippen molar-refractivity contribution >= 4 is 0 Å². The smallest absolute Gasteiger partial charge is 0.0300 e. The fourth-order valence-electron chi connectivity index (χ4n) is 1.18. The van der Waals surface area contributed by atoms with Crippen LogP contribution in [0.5, 0.6) is 0 Å². The number of aromatic nitrogens is 1. The average molecular weight is 190 g/mol. The van der Waals surface area contributed by atoms with Crippen LogP contribution < -0.4 is 5.32 Å². The fraction of sp³-hybridized carbons (Fsp3) is 0.417. The van der Waals surface area contributed by atoms with E-state index < -0.39 is 0 Å². The molecule has 0 amide bonds. The summed E-state index contributed by atoms with van der Waals surface area (Å²) in [6.07, 6.45) is 5.93. The van der Waals surface area contributed by atoms with Gasteiger partial charge in [0.05, 0.1) is 0 Å². The molecule has 0 aromatic carbocycles. The zero-order chi connectivity index (χ0) is 10.4. The summed E-state index contributed by atoms with van der Waals surface area (Å²) in [4.78, 5) is 4.06. The second kappa shape index (κ2) is 5.55. The van der Waals surface area contributed by atoms with Gasteiger partial charge in [0.1, 0.15) is 0 Å². The van der Waals surface area contributed by atoms with E-state index in [1.165, 1.54) is 16.7 Å². The van der Waals surface area contributed by atoms with Crippen molar-refractivity contribution in [1.29, 1.82) is 0 Å². The van der Waals surface area contributed by atoms with E-state index in [1.54, 1.807) is 0 Å². The summed E-state index contributed by atoms with van der Waals surface area (Å²) < 4.78 is 0. The maximum Gasteiger partial charge on any atom is 0.0300 e. The van der Waals surface area contributed by atoms with E-state index in [0.29, 0.717) is 0 Å². The minimum absolute atomic E-state index is 0.915. The number of nitrogens with zero attached hydrogens (tertiary/aromatic N) is 1. The first-order chi connectivity index (χ1) is 6.70. The molecule has 0 spiro atoms. The monoisotopic (exact) mass is 190 g/mol. The van der Waals surface area contributed by atoms with E-state index in [4.69, 9.17) is 0 Å². The van der Waals surface area contributed by atoms with Crippen LogP contribution in [0.2, 0.25) is 0 Å². The highest BCUT2D eigenvalue weighted by molar-refractivity contribution is 5.21. The Labute approximate surface area is 86.1 Å². The van der Waals surface area contributed by atoms with Gasteiger partial charge in [-0.3, -0.25) is 4.98 Å². The Morgan fingerprint density at radius 1 is 1.50 bits per heavy atom. The van der Waals surface area contributed by atoms with Crippen LogP contribution in [-0.2, 0) is 6.54 Å². The number of allylic oxidation sites excluding steroid dienone is 1. The first-order valence-electron chi connectivity index (χ1n) is 4.93. The van der Waals surface area contributed by atoms with Gasteiger partial charge in [-0.1, -0.05) is 11.6 Å². The van der Waals surface area contributed by atoms with Gasteiger partial charge in [-0.25, -0.2) is 0 Å². The third-order valence-corrected chi connectivity index (χ3v) is 2.11. The van der Waals surface area contributed by atoms with Crippen molar-refractivity contribution in [3.63, 3.8) is 0 Å². The molecule has 0 unspecified atom stereocenters. The predicted octanol–water partition coefficient (Wildman–Crippen LogP) is 2.45. The fourth-order valence-corrected chi connectivity index (χ4v) is 1.18. The SMILES string of the molecule is CC(C)=CCNCc1ccncc1C. The lowest BCUT2D eigenvalue weighted by molar-refractivity contribution is 0.751. The molecule has 14 heavy (non-hydrogen) atoms. The minimum atomic E-state index is 0.915. The molecule has 1 aromatic heterocycles. The van der Waals surface area contributed by atoms with Crippen molar-refractivity contribution in [1.82, 2.24) is 10.3 Å². The van der Waals surface area contributed by atoms with E-state index >= 15 is 0 Å². The van der Waals surface area contributed by atoms with Crippen LogP contribution in [0.15, 0.2) is 30.1 Å². The van der Waals surface area contributed by atoms with Gasteiger partial charge in [-0.05, 0) is 38.0 Å². The van der Waals surface area contributed by atoms with Crippen LogP contribution in [0.4, 0.5) is 0 Å². The number of rotatable bonds is 4. The Morgan fingerprint density at radius 2 is 2.29 bits per heavy atom. The van der Waals surface area contributed by atoms with Gasteiger partial charge in [-0.15, -0.1) is 0 Å². The van der Waals surface area contributed by atoms with Gasteiger partial charge < -0.3 is 5.32 Å². The van der Waals surface area contributed by atoms with Crippen molar-refractivity contribution in [2.45, 2.75) is 27.3 Å². The predicted molar refractivity (Wildman–Crippen MR) is 60.1 cm³/mol. The topological polar surface area (TPSA) is 24.9 Å². The molecule has 0 aliphatic rings. The highest BCUT2D eigenvalue weighted by atomic mass is 14.8. The summed E-state index contributed by atoms with van der Waals surface area (Å²) in [6.45, 7) is 8.16. The van der Waals surface area contributed by atoms with Crippen LogP contribution in [0.25, 0.3) is 0 Å². The molecule has 0 bridgehead atoms. The molecule has 1 N–H and O–H groups in total. The molecule has 0 fully saturated rings. The normalized spacial score (nSPS) is 9.93. The molecule has 0 atom stereocenters. The van der Waals surface area contributed by atoms with Crippen LogP contribution >= 0.6 is 0 Å². The van der Waals surface area contributed by atoms with Crippen LogP contribution in [-0.4, -0.2) is 11.5 Å². The second-order valence-electron chi connectivity index (χ2n) is 3.71. The third kappa shape index (κ3) is 3.71. The zero-order valence-corrected chi connectivity index (χ0v) is 9.17. The third-order valence-electron chi connectivity index (χ3n) is 2.11. The highest BCUT2D eigenvalue weighted by Crippen LogP contribution is 2.03. The van der Waals surface area contributed by atoms with Crippen molar-refractivity contribution in [2.24, 2.45) is 0 Å². The quantitative estimate of drug-likeness (QED) is 0.582. The van der Waals surface area contributed by atoms with Gasteiger partial charge in [0, 0.05) is 25.5 Å². The number of nitrogens with one attached hydrogen (secondary N) is 1. The molecular formula is C12H18N2. The van der Waals surface area contributed by atoms with Crippen molar-refractivity contribution in [3.8, 4) is 0 Å². The number of aryl methyl sites for hydroxylation is 1. The highest BCUT2D eigenvalue weighted by Gasteiger charge is 1.95. The largest absolute Gasteiger partial charge is 0.309 e. The van der Waals surface area contributed by atoms with Crippen molar-refractivity contribution in [3.05, 3.63) is 41.2 Å². The van der Waals surface area contributed by atoms with Gasteiger partial charge in [0.2, 0.25) is 0 Å². The van der Waals surface area contributed by atoms with E-state index in [1.807, 2.05) is 12.4 Å². The number of hydrogen-bond donors (Lipinski definition) is 1. The van der Waals surface area contributed by atoms with Crippen LogP contribution in [0, 0.1) is 6.92 Å². The molecule has 2 nitrogen and oxygen atoms in total. The zero-order valence-electron chi connectivity index (χ0n) is 9.17. The molecule has 0 saturated carbocycles. The van der Waals surface area contributed by atoms with Crippen molar-refractivity contribution < 1.29 is 0 Å². The molecule has 0 radical (unpaired) electrons. The van der Waals surface area contributed by atoms with Gasteiger partial charge in [0.15, 0.2) is 0 Å². The minimum Gasteiger partial charge on any atom is -0.309 e. The Hall–Kier alpha value is -1.15. The molecule has 1 rings (SSSR count). The molecule has 1 heterocycles. The Bertz CT molecular complexity index is 312. The summed E-state index contributed by atoms with van der Waals surface area (Å²) in [5, 5.41) is 3.37. The lowest BCUT2D eigenvalue weighted by atomic mass is 10.1. The lowest BCUT2D eigenvalue weighted by Crippen LogP contribution is -2.13. The average Bonchev–Trinajstić information content (AvgIpc) is 2.15. The standard InChI is InChI=1S/C12H18N2/c1-10(2)4-6-14-9-12-5-7-13-8-11(12)3/h4-5,7-8,14H,6,9H2,1-3H3. The molecular weight excluding hydrogens is 172 g/mol.